The predicted molar refractivity (Wildman–Crippen MR) is 99.8 cm³/mol. The number of rotatable bonds is 4. The van der Waals surface area contributed by atoms with E-state index in [4.69, 9.17) is 9.47 Å². The van der Waals surface area contributed by atoms with E-state index >= 15 is 0 Å². The number of aromatic nitrogens is 1. The lowest BCUT2D eigenvalue weighted by molar-refractivity contribution is -0.120. The first kappa shape index (κ1) is 16.2. The van der Waals surface area contributed by atoms with Gasteiger partial charge in [-0.25, -0.2) is 5.43 Å². The van der Waals surface area contributed by atoms with Crippen LogP contribution in [0.2, 0.25) is 0 Å². The minimum Gasteiger partial charge on any atom is -0.486 e. The summed E-state index contributed by atoms with van der Waals surface area (Å²) in [5, 5.41) is 5.19. The molecule has 4 rings (SSSR count). The SMILES string of the molecule is Cn1cc(/C=N\NC(=O)Cc2ccc3c(c2)OCCO3)c2ccccc21. The summed E-state index contributed by atoms with van der Waals surface area (Å²) >= 11 is 0. The molecule has 2 aromatic carbocycles. The third-order valence-electron chi connectivity index (χ3n) is 4.29. The van der Waals surface area contributed by atoms with Crippen molar-refractivity contribution in [3.63, 3.8) is 0 Å². The molecule has 2 heterocycles. The van der Waals surface area contributed by atoms with Gasteiger partial charge in [-0.2, -0.15) is 5.10 Å². The summed E-state index contributed by atoms with van der Waals surface area (Å²) in [6.07, 6.45) is 3.88. The second-order valence-corrected chi connectivity index (χ2v) is 6.16. The Kier molecular flexibility index (Phi) is 4.31. The average Bonchev–Trinajstić information content (AvgIpc) is 2.98. The van der Waals surface area contributed by atoms with E-state index in [2.05, 4.69) is 10.5 Å². The van der Waals surface area contributed by atoms with Crippen LogP contribution in [0.1, 0.15) is 11.1 Å². The van der Waals surface area contributed by atoms with Gasteiger partial charge in [-0.3, -0.25) is 4.79 Å². The molecule has 1 N–H and O–H groups in total. The predicted octanol–water partition coefficient (Wildman–Crippen LogP) is 2.64. The van der Waals surface area contributed by atoms with Crippen LogP contribution in [-0.4, -0.2) is 29.9 Å². The molecule has 132 valence electrons. The van der Waals surface area contributed by atoms with E-state index in [0.29, 0.717) is 19.0 Å². The summed E-state index contributed by atoms with van der Waals surface area (Å²) in [5.74, 6) is 1.22. The van der Waals surface area contributed by atoms with Crippen LogP contribution in [0.3, 0.4) is 0 Å². The first-order valence-electron chi connectivity index (χ1n) is 8.45. The van der Waals surface area contributed by atoms with Gasteiger partial charge in [0.25, 0.3) is 0 Å². The lowest BCUT2D eigenvalue weighted by Gasteiger charge is -2.18. The highest BCUT2D eigenvalue weighted by atomic mass is 16.6. The molecule has 0 spiro atoms. The van der Waals surface area contributed by atoms with Crippen molar-refractivity contribution in [3.8, 4) is 11.5 Å². The van der Waals surface area contributed by atoms with Crippen molar-refractivity contribution < 1.29 is 14.3 Å². The lowest BCUT2D eigenvalue weighted by Crippen LogP contribution is -2.20. The number of carbonyl (C=O) groups excluding carboxylic acids is 1. The summed E-state index contributed by atoms with van der Waals surface area (Å²) in [5.41, 5.74) is 5.52. The van der Waals surface area contributed by atoms with Crippen LogP contribution in [0.25, 0.3) is 10.9 Å². The summed E-state index contributed by atoms with van der Waals surface area (Å²) < 4.78 is 13.1. The maximum atomic E-state index is 12.1. The molecule has 0 saturated heterocycles. The fourth-order valence-electron chi connectivity index (χ4n) is 3.07. The smallest absolute Gasteiger partial charge is 0.244 e. The van der Waals surface area contributed by atoms with Gasteiger partial charge in [-0.05, 0) is 23.8 Å². The van der Waals surface area contributed by atoms with Gasteiger partial charge < -0.3 is 14.0 Å². The van der Waals surface area contributed by atoms with Crippen molar-refractivity contribution in [2.45, 2.75) is 6.42 Å². The number of hydrogen-bond donors (Lipinski definition) is 1. The van der Waals surface area contributed by atoms with Crippen LogP contribution in [0.4, 0.5) is 0 Å². The van der Waals surface area contributed by atoms with Gasteiger partial charge in [0.2, 0.25) is 5.91 Å². The molecule has 0 unspecified atom stereocenters. The Labute approximate surface area is 151 Å². The standard InChI is InChI=1S/C20H19N3O3/c1-23-13-15(16-4-2-3-5-17(16)23)12-21-22-20(24)11-14-6-7-18-19(10-14)26-9-8-25-18/h2-7,10,12-13H,8-9,11H2,1H3,(H,22,24)/b21-12-. The second kappa shape index (κ2) is 6.92. The molecule has 0 fully saturated rings. The first-order chi connectivity index (χ1) is 12.7. The van der Waals surface area contributed by atoms with Gasteiger partial charge in [0.05, 0.1) is 12.6 Å². The number of nitrogens with zero attached hydrogens (tertiary/aromatic N) is 2. The van der Waals surface area contributed by atoms with E-state index in [-0.39, 0.29) is 12.3 Å². The van der Waals surface area contributed by atoms with E-state index < -0.39 is 0 Å². The molecule has 6 heteroatoms. The highest BCUT2D eigenvalue weighted by Gasteiger charge is 2.13. The van der Waals surface area contributed by atoms with Gasteiger partial charge in [-0.1, -0.05) is 24.3 Å². The van der Waals surface area contributed by atoms with E-state index in [1.807, 2.05) is 60.3 Å². The van der Waals surface area contributed by atoms with Gasteiger partial charge >= 0.3 is 0 Å². The van der Waals surface area contributed by atoms with Crippen LogP contribution in [-0.2, 0) is 18.3 Å². The zero-order chi connectivity index (χ0) is 17.9. The fraction of sp³-hybridized carbons (Fsp3) is 0.200. The van der Waals surface area contributed by atoms with Crippen LogP contribution < -0.4 is 14.9 Å². The molecule has 1 aliphatic rings. The largest absolute Gasteiger partial charge is 0.486 e. The maximum absolute atomic E-state index is 12.1. The molecule has 6 nitrogen and oxygen atoms in total. The van der Waals surface area contributed by atoms with Crippen molar-refractivity contribution in [3.05, 3.63) is 59.8 Å². The second-order valence-electron chi connectivity index (χ2n) is 6.16. The number of amides is 1. The topological polar surface area (TPSA) is 64.9 Å². The van der Waals surface area contributed by atoms with Crippen molar-refractivity contribution in [2.75, 3.05) is 13.2 Å². The molecule has 1 amide bonds. The molecule has 0 atom stereocenters. The van der Waals surface area contributed by atoms with Crippen LogP contribution in [0.15, 0.2) is 53.8 Å². The molecule has 1 aliphatic heterocycles. The van der Waals surface area contributed by atoms with Crippen molar-refractivity contribution in [2.24, 2.45) is 12.1 Å². The molecule has 0 aliphatic carbocycles. The summed E-state index contributed by atoms with van der Waals surface area (Å²) in [6.45, 7) is 1.08. The third kappa shape index (κ3) is 3.26. The number of nitrogens with one attached hydrogen (secondary N) is 1. The van der Waals surface area contributed by atoms with E-state index in [9.17, 15) is 4.79 Å². The van der Waals surface area contributed by atoms with Gasteiger partial charge in [0, 0.05) is 29.7 Å². The van der Waals surface area contributed by atoms with Gasteiger partial charge in [0.15, 0.2) is 11.5 Å². The monoisotopic (exact) mass is 349 g/mol. The Bertz CT molecular complexity index is 991. The normalized spacial score (nSPS) is 13.3. The quantitative estimate of drug-likeness (QED) is 0.582. The number of fused-ring (bicyclic) bond motifs is 2. The zero-order valence-electron chi connectivity index (χ0n) is 14.4. The van der Waals surface area contributed by atoms with Gasteiger partial charge in [-0.15, -0.1) is 0 Å². The zero-order valence-corrected chi connectivity index (χ0v) is 14.4. The lowest BCUT2D eigenvalue weighted by atomic mass is 10.1. The van der Waals surface area contributed by atoms with E-state index in [1.165, 1.54) is 0 Å². The number of aryl methyl sites for hydroxylation is 1. The molecule has 26 heavy (non-hydrogen) atoms. The van der Waals surface area contributed by atoms with Crippen molar-refractivity contribution in [1.29, 1.82) is 0 Å². The number of hydrazone groups is 1. The summed E-state index contributed by atoms with van der Waals surface area (Å²) in [6, 6.07) is 13.6. The summed E-state index contributed by atoms with van der Waals surface area (Å²) in [7, 11) is 1.99. The Hall–Kier alpha value is -3.28. The molecular weight excluding hydrogens is 330 g/mol. The molecule has 1 aromatic heterocycles. The van der Waals surface area contributed by atoms with E-state index in [1.54, 1.807) is 6.21 Å². The summed E-state index contributed by atoms with van der Waals surface area (Å²) in [4.78, 5) is 12.1. The van der Waals surface area contributed by atoms with E-state index in [0.717, 1.165) is 27.8 Å². The van der Waals surface area contributed by atoms with Crippen LogP contribution in [0.5, 0.6) is 11.5 Å². The number of ether oxygens (including phenoxy) is 2. The Balaban J connectivity index is 1.41. The highest BCUT2D eigenvalue weighted by molar-refractivity contribution is 5.99. The first-order valence-corrected chi connectivity index (χ1v) is 8.45. The molecule has 0 bridgehead atoms. The molecule has 0 saturated carbocycles. The fourth-order valence-corrected chi connectivity index (χ4v) is 3.07. The van der Waals surface area contributed by atoms with Crippen LogP contribution >= 0.6 is 0 Å². The Morgan fingerprint density at radius 3 is 2.88 bits per heavy atom. The highest BCUT2D eigenvalue weighted by Crippen LogP contribution is 2.30. The number of carbonyl (C=O) groups is 1. The minimum atomic E-state index is -0.182. The average molecular weight is 349 g/mol. The molecule has 3 aromatic rings. The maximum Gasteiger partial charge on any atom is 0.244 e. The minimum absolute atomic E-state index is 0.182. The number of para-hydroxylation sites is 1. The van der Waals surface area contributed by atoms with Crippen molar-refractivity contribution >= 4 is 23.0 Å². The number of hydrogen-bond acceptors (Lipinski definition) is 4. The van der Waals surface area contributed by atoms with Gasteiger partial charge in [0.1, 0.15) is 13.2 Å². The van der Waals surface area contributed by atoms with Crippen molar-refractivity contribution in [1.82, 2.24) is 9.99 Å². The Morgan fingerprint density at radius 1 is 1.19 bits per heavy atom. The molecular formula is C20H19N3O3. The Morgan fingerprint density at radius 2 is 2.00 bits per heavy atom. The number of benzene rings is 2. The van der Waals surface area contributed by atoms with Crippen LogP contribution in [0, 0.1) is 0 Å². The third-order valence-corrected chi connectivity index (χ3v) is 4.29. The molecule has 0 radical (unpaired) electrons.